The lowest BCUT2D eigenvalue weighted by atomic mass is 10.2. The van der Waals surface area contributed by atoms with Crippen molar-refractivity contribution in [1.82, 2.24) is 15.5 Å². The van der Waals surface area contributed by atoms with Crippen molar-refractivity contribution >= 4 is 5.96 Å². The zero-order chi connectivity index (χ0) is 14.2. The van der Waals surface area contributed by atoms with Gasteiger partial charge in [0.1, 0.15) is 0 Å². The number of hydrogen-bond acceptors (Lipinski definition) is 3. The molecular weight excluding hydrogens is 252 g/mol. The number of morpholine rings is 1. The SMILES string of the molecule is CCCC1CC1NC(=NCCN1CCOCC1)NCC. The smallest absolute Gasteiger partial charge is 0.191 e. The van der Waals surface area contributed by atoms with Gasteiger partial charge in [0, 0.05) is 32.2 Å². The summed E-state index contributed by atoms with van der Waals surface area (Å²) in [5, 5.41) is 6.91. The molecule has 5 nitrogen and oxygen atoms in total. The van der Waals surface area contributed by atoms with E-state index in [9.17, 15) is 0 Å². The molecule has 2 N–H and O–H groups in total. The van der Waals surface area contributed by atoms with E-state index in [0.717, 1.165) is 57.8 Å². The van der Waals surface area contributed by atoms with E-state index in [4.69, 9.17) is 9.73 Å². The fourth-order valence-electron chi connectivity index (χ4n) is 2.74. The quantitative estimate of drug-likeness (QED) is 0.541. The van der Waals surface area contributed by atoms with Crippen LogP contribution in [0.4, 0.5) is 0 Å². The highest BCUT2D eigenvalue weighted by molar-refractivity contribution is 5.80. The van der Waals surface area contributed by atoms with Crippen LogP contribution >= 0.6 is 0 Å². The minimum atomic E-state index is 0.649. The summed E-state index contributed by atoms with van der Waals surface area (Å²) in [7, 11) is 0. The van der Waals surface area contributed by atoms with Gasteiger partial charge in [-0.25, -0.2) is 0 Å². The second-order valence-corrected chi connectivity index (χ2v) is 5.75. The van der Waals surface area contributed by atoms with Crippen LogP contribution in [0.2, 0.25) is 0 Å². The Kier molecular flexibility index (Phi) is 6.60. The fourth-order valence-corrected chi connectivity index (χ4v) is 2.74. The first-order valence-corrected chi connectivity index (χ1v) is 8.18. The van der Waals surface area contributed by atoms with Crippen molar-refractivity contribution in [3.05, 3.63) is 0 Å². The van der Waals surface area contributed by atoms with E-state index in [2.05, 4.69) is 29.4 Å². The van der Waals surface area contributed by atoms with Crippen LogP contribution in [0.5, 0.6) is 0 Å². The molecule has 1 heterocycles. The van der Waals surface area contributed by atoms with Gasteiger partial charge in [-0.2, -0.15) is 0 Å². The number of guanidine groups is 1. The summed E-state index contributed by atoms with van der Waals surface area (Å²) in [4.78, 5) is 7.12. The first-order valence-electron chi connectivity index (χ1n) is 8.18. The fraction of sp³-hybridized carbons (Fsp3) is 0.933. The summed E-state index contributed by atoms with van der Waals surface area (Å²) >= 11 is 0. The number of nitrogens with one attached hydrogen (secondary N) is 2. The third-order valence-corrected chi connectivity index (χ3v) is 4.04. The summed E-state index contributed by atoms with van der Waals surface area (Å²) in [5.41, 5.74) is 0. The molecule has 0 aromatic heterocycles. The second kappa shape index (κ2) is 8.47. The molecule has 1 saturated heterocycles. The Morgan fingerprint density at radius 2 is 2.10 bits per heavy atom. The molecule has 20 heavy (non-hydrogen) atoms. The van der Waals surface area contributed by atoms with Crippen LogP contribution < -0.4 is 10.6 Å². The van der Waals surface area contributed by atoms with Crippen LogP contribution in [0.25, 0.3) is 0 Å². The molecule has 0 spiro atoms. The summed E-state index contributed by atoms with van der Waals surface area (Å²) in [6.45, 7) is 11.0. The maximum Gasteiger partial charge on any atom is 0.191 e. The lowest BCUT2D eigenvalue weighted by Gasteiger charge is -2.25. The van der Waals surface area contributed by atoms with Crippen molar-refractivity contribution < 1.29 is 4.74 Å². The van der Waals surface area contributed by atoms with Crippen molar-refractivity contribution in [3.8, 4) is 0 Å². The van der Waals surface area contributed by atoms with Gasteiger partial charge in [-0.05, 0) is 25.7 Å². The van der Waals surface area contributed by atoms with Crippen LogP contribution in [0.1, 0.15) is 33.1 Å². The Hall–Kier alpha value is -0.810. The first-order chi connectivity index (χ1) is 9.83. The third kappa shape index (κ3) is 5.29. The van der Waals surface area contributed by atoms with E-state index in [1.54, 1.807) is 0 Å². The van der Waals surface area contributed by atoms with E-state index in [1.165, 1.54) is 19.3 Å². The van der Waals surface area contributed by atoms with E-state index >= 15 is 0 Å². The average molecular weight is 282 g/mol. The normalized spacial score (nSPS) is 27.4. The maximum absolute atomic E-state index is 5.36. The van der Waals surface area contributed by atoms with Crippen molar-refractivity contribution in [2.75, 3.05) is 45.9 Å². The van der Waals surface area contributed by atoms with Gasteiger partial charge in [0.15, 0.2) is 5.96 Å². The van der Waals surface area contributed by atoms with E-state index < -0.39 is 0 Å². The minimum Gasteiger partial charge on any atom is -0.379 e. The highest BCUT2D eigenvalue weighted by Crippen LogP contribution is 2.34. The molecule has 5 heteroatoms. The molecule has 2 aliphatic rings. The lowest BCUT2D eigenvalue weighted by molar-refractivity contribution is 0.0394. The van der Waals surface area contributed by atoms with Crippen molar-refractivity contribution in [3.63, 3.8) is 0 Å². The Balaban J connectivity index is 1.68. The first kappa shape index (κ1) is 15.6. The highest BCUT2D eigenvalue weighted by Gasteiger charge is 2.36. The minimum absolute atomic E-state index is 0.649. The number of hydrogen-bond donors (Lipinski definition) is 2. The van der Waals surface area contributed by atoms with Crippen LogP contribution in [0, 0.1) is 5.92 Å². The van der Waals surface area contributed by atoms with Gasteiger partial charge in [0.25, 0.3) is 0 Å². The van der Waals surface area contributed by atoms with Crippen LogP contribution in [0.15, 0.2) is 4.99 Å². The van der Waals surface area contributed by atoms with Gasteiger partial charge < -0.3 is 15.4 Å². The van der Waals surface area contributed by atoms with Crippen LogP contribution in [-0.2, 0) is 4.74 Å². The summed E-state index contributed by atoms with van der Waals surface area (Å²) in [5.74, 6) is 1.85. The van der Waals surface area contributed by atoms with Gasteiger partial charge in [0.05, 0.1) is 19.8 Å². The largest absolute Gasteiger partial charge is 0.379 e. The van der Waals surface area contributed by atoms with Crippen LogP contribution in [-0.4, -0.2) is 62.8 Å². The molecule has 2 fully saturated rings. The van der Waals surface area contributed by atoms with Gasteiger partial charge in [-0.3, -0.25) is 9.89 Å². The van der Waals surface area contributed by atoms with Crippen LogP contribution in [0.3, 0.4) is 0 Å². The molecule has 0 aromatic carbocycles. The van der Waals surface area contributed by atoms with Gasteiger partial charge in [-0.15, -0.1) is 0 Å². The van der Waals surface area contributed by atoms with E-state index in [-0.39, 0.29) is 0 Å². The summed E-state index contributed by atoms with van der Waals surface area (Å²) in [6, 6.07) is 0.649. The zero-order valence-electron chi connectivity index (χ0n) is 13.0. The summed E-state index contributed by atoms with van der Waals surface area (Å²) < 4.78 is 5.36. The van der Waals surface area contributed by atoms with Gasteiger partial charge in [0.2, 0.25) is 0 Å². The molecule has 1 aliphatic carbocycles. The lowest BCUT2D eigenvalue weighted by Crippen LogP contribution is -2.41. The average Bonchev–Trinajstić information content (AvgIpc) is 3.18. The molecule has 0 radical (unpaired) electrons. The predicted molar refractivity (Wildman–Crippen MR) is 83.2 cm³/mol. The third-order valence-electron chi connectivity index (χ3n) is 4.04. The van der Waals surface area contributed by atoms with Gasteiger partial charge in [-0.1, -0.05) is 13.3 Å². The molecular formula is C15H30N4O. The zero-order valence-corrected chi connectivity index (χ0v) is 13.0. The second-order valence-electron chi connectivity index (χ2n) is 5.75. The molecule has 2 unspecified atom stereocenters. The van der Waals surface area contributed by atoms with Crippen molar-refractivity contribution in [1.29, 1.82) is 0 Å². The molecule has 1 saturated carbocycles. The Morgan fingerprint density at radius 3 is 2.80 bits per heavy atom. The van der Waals surface area contributed by atoms with E-state index in [1.807, 2.05) is 0 Å². The number of ether oxygens (including phenoxy) is 1. The molecule has 2 rings (SSSR count). The predicted octanol–water partition coefficient (Wildman–Crippen LogP) is 1.06. The van der Waals surface area contributed by atoms with Crippen molar-refractivity contribution in [2.45, 2.75) is 39.2 Å². The molecule has 0 amide bonds. The number of rotatable bonds is 7. The number of nitrogens with zero attached hydrogens (tertiary/aromatic N) is 2. The molecule has 116 valence electrons. The Morgan fingerprint density at radius 1 is 1.30 bits per heavy atom. The van der Waals surface area contributed by atoms with Gasteiger partial charge >= 0.3 is 0 Å². The standard InChI is InChI=1S/C15H30N4O/c1-3-5-13-12-14(13)18-15(16-4-2)17-6-7-19-8-10-20-11-9-19/h13-14H,3-12H2,1-2H3,(H2,16,17,18). The molecule has 1 aliphatic heterocycles. The molecule has 0 aromatic rings. The Labute approximate surface area is 123 Å². The highest BCUT2D eigenvalue weighted by atomic mass is 16.5. The topological polar surface area (TPSA) is 48.9 Å². The van der Waals surface area contributed by atoms with E-state index in [0.29, 0.717) is 6.04 Å². The Bertz CT molecular complexity index is 302. The maximum atomic E-state index is 5.36. The molecule has 2 atom stereocenters. The number of aliphatic imine (C=N–C) groups is 1. The monoisotopic (exact) mass is 282 g/mol. The van der Waals surface area contributed by atoms with Crippen molar-refractivity contribution in [2.24, 2.45) is 10.9 Å². The molecule has 0 bridgehead atoms. The summed E-state index contributed by atoms with van der Waals surface area (Å²) in [6.07, 6.45) is 3.93.